The third-order valence-corrected chi connectivity index (χ3v) is 2.48. The Morgan fingerprint density at radius 1 is 1.60 bits per heavy atom. The predicted octanol–water partition coefficient (Wildman–Crippen LogP) is 2.18. The van der Waals surface area contributed by atoms with E-state index in [1.807, 2.05) is 26.8 Å². The van der Waals surface area contributed by atoms with E-state index >= 15 is 0 Å². The number of nitrogens with one attached hydrogen (secondary N) is 1. The van der Waals surface area contributed by atoms with Gasteiger partial charge >= 0.3 is 0 Å². The SMILES string of the molecule is Cc1cnccc1CNC(=O)C(C)(C)Br. The van der Waals surface area contributed by atoms with Gasteiger partial charge in [0.25, 0.3) is 0 Å². The third kappa shape index (κ3) is 3.63. The Hall–Kier alpha value is -0.900. The fourth-order valence-corrected chi connectivity index (χ4v) is 1.23. The van der Waals surface area contributed by atoms with Crippen molar-refractivity contribution in [3.05, 3.63) is 29.6 Å². The molecule has 0 aliphatic rings. The molecule has 1 rings (SSSR count). The molecule has 0 aliphatic heterocycles. The minimum Gasteiger partial charge on any atom is -0.351 e. The number of hydrogen-bond acceptors (Lipinski definition) is 2. The van der Waals surface area contributed by atoms with E-state index in [9.17, 15) is 4.79 Å². The molecular formula is C11H15BrN2O. The predicted molar refractivity (Wildman–Crippen MR) is 63.8 cm³/mol. The summed E-state index contributed by atoms with van der Waals surface area (Å²) in [6.45, 7) is 6.17. The summed E-state index contributed by atoms with van der Waals surface area (Å²) in [6.07, 6.45) is 3.52. The lowest BCUT2D eigenvalue weighted by Gasteiger charge is -2.16. The van der Waals surface area contributed by atoms with E-state index in [1.165, 1.54) is 0 Å². The number of rotatable bonds is 3. The average molecular weight is 271 g/mol. The summed E-state index contributed by atoms with van der Waals surface area (Å²) in [5.74, 6) is -0.0151. The maximum Gasteiger partial charge on any atom is 0.236 e. The molecule has 0 aliphatic carbocycles. The fourth-order valence-electron chi connectivity index (χ4n) is 1.09. The smallest absolute Gasteiger partial charge is 0.236 e. The molecule has 3 nitrogen and oxygen atoms in total. The Bertz CT molecular complexity index is 358. The Balaban J connectivity index is 2.59. The van der Waals surface area contributed by atoms with Gasteiger partial charge in [0.05, 0.1) is 4.32 Å². The molecular weight excluding hydrogens is 256 g/mol. The molecule has 1 aromatic rings. The molecule has 4 heteroatoms. The highest BCUT2D eigenvalue weighted by atomic mass is 79.9. The largest absolute Gasteiger partial charge is 0.351 e. The van der Waals surface area contributed by atoms with E-state index in [0.29, 0.717) is 6.54 Å². The molecule has 0 bridgehead atoms. The number of nitrogens with zero attached hydrogens (tertiary/aromatic N) is 1. The zero-order valence-electron chi connectivity index (χ0n) is 9.17. The van der Waals surface area contributed by atoms with Crippen molar-refractivity contribution in [1.82, 2.24) is 10.3 Å². The molecule has 82 valence electrons. The average Bonchev–Trinajstić information content (AvgIpc) is 2.14. The van der Waals surface area contributed by atoms with Gasteiger partial charge in [-0.3, -0.25) is 9.78 Å². The van der Waals surface area contributed by atoms with Crippen molar-refractivity contribution in [1.29, 1.82) is 0 Å². The molecule has 0 unspecified atom stereocenters. The van der Waals surface area contributed by atoms with Crippen molar-refractivity contribution in [2.75, 3.05) is 0 Å². The van der Waals surface area contributed by atoms with Crippen LogP contribution in [0.3, 0.4) is 0 Å². The van der Waals surface area contributed by atoms with E-state index < -0.39 is 4.32 Å². The van der Waals surface area contributed by atoms with E-state index in [-0.39, 0.29) is 5.91 Å². The maximum absolute atomic E-state index is 11.6. The quantitative estimate of drug-likeness (QED) is 0.856. The fraction of sp³-hybridized carbons (Fsp3) is 0.455. The standard InChI is InChI=1S/C11H15BrN2O/c1-8-6-13-5-4-9(8)7-14-10(15)11(2,3)12/h4-6H,7H2,1-3H3,(H,14,15). The number of hydrogen-bond donors (Lipinski definition) is 1. The van der Waals surface area contributed by atoms with E-state index in [1.54, 1.807) is 12.4 Å². The topological polar surface area (TPSA) is 42.0 Å². The molecule has 1 N–H and O–H groups in total. The van der Waals surface area contributed by atoms with Crippen LogP contribution in [0.2, 0.25) is 0 Å². The zero-order chi connectivity index (χ0) is 11.5. The second-order valence-electron chi connectivity index (χ2n) is 3.96. The summed E-state index contributed by atoms with van der Waals surface area (Å²) in [4.78, 5) is 15.6. The summed E-state index contributed by atoms with van der Waals surface area (Å²) >= 11 is 3.31. The first-order chi connectivity index (χ1) is 6.91. The Labute approximate surface area is 98.4 Å². The first-order valence-electron chi connectivity index (χ1n) is 4.78. The molecule has 1 heterocycles. The number of aryl methyl sites for hydroxylation is 1. The molecule has 0 saturated carbocycles. The highest BCUT2D eigenvalue weighted by Gasteiger charge is 2.22. The second kappa shape index (κ2) is 4.75. The van der Waals surface area contributed by atoms with Gasteiger partial charge in [-0.05, 0) is 38.0 Å². The molecule has 0 spiro atoms. The van der Waals surface area contributed by atoms with Gasteiger partial charge in [-0.25, -0.2) is 0 Å². The number of aromatic nitrogens is 1. The van der Waals surface area contributed by atoms with Crippen LogP contribution in [0, 0.1) is 6.92 Å². The molecule has 1 aromatic heterocycles. The third-order valence-electron chi connectivity index (χ3n) is 2.12. The first-order valence-corrected chi connectivity index (χ1v) is 5.57. The summed E-state index contributed by atoms with van der Waals surface area (Å²) in [7, 11) is 0. The Morgan fingerprint density at radius 3 is 2.80 bits per heavy atom. The van der Waals surface area contributed by atoms with Crippen LogP contribution in [-0.4, -0.2) is 15.2 Å². The molecule has 1 amide bonds. The second-order valence-corrected chi connectivity index (χ2v) is 5.94. The normalized spacial score (nSPS) is 11.2. The lowest BCUT2D eigenvalue weighted by Crippen LogP contribution is -2.37. The molecule has 0 atom stereocenters. The summed E-state index contributed by atoms with van der Waals surface area (Å²) in [6, 6.07) is 1.91. The summed E-state index contributed by atoms with van der Waals surface area (Å²) in [5.41, 5.74) is 2.18. The van der Waals surface area contributed by atoms with Crippen molar-refractivity contribution >= 4 is 21.8 Å². The van der Waals surface area contributed by atoms with Crippen LogP contribution in [0.25, 0.3) is 0 Å². The van der Waals surface area contributed by atoms with Crippen LogP contribution >= 0.6 is 15.9 Å². The molecule has 0 saturated heterocycles. The van der Waals surface area contributed by atoms with Crippen LogP contribution in [0.15, 0.2) is 18.5 Å². The van der Waals surface area contributed by atoms with Crippen molar-refractivity contribution in [2.45, 2.75) is 31.6 Å². The maximum atomic E-state index is 11.6. The number of alkyl halides is 1. The number of amides is 1. The van der Waals surface area contributed by atoms with Crippen LogP contribution in [0.1, 0.15) is 25.0 Å². The van der Waals surface area contributed by atoms with Gasteiger partial charge in [0.1, 0.15) is 0 Å². The lowest BCUT2D eigenvalue weighted by atomic mass is 10.1. The highest BCUT2D eigenvalue weighted by Crippen LogP contribution is 2.15. The van der Waals surface area contributed by atoms with Gasteiger partial charge in [0.15, 0.2) is 0 Å². The molecule has 0 radical (unpaired) electrons. The zero-order valence-corrected chi connectivity index (χ0v) is 10.8. The summed E-state index contributed by atoms with van der Waals surface area (Å²) in [5, 5.41) is 2.87. The molecule has 0 aromatic carbocycles. The minimum absolute atomic E-state index is 0.0151. The molecule has 0 fully saturated rings. The van der Waals surface area contributed by atoms with Gasteiger partial charge in [-0.15, -0.1) is 0 Å². The first kappa shape index (κ1) is 12.2. The van der Waals surface area contributed by atoms with Gasteiger partial charge in [0, 0.05) is 18.9 Å². The highest BCUT2D eigenvalue weighted by molar-refractivity contribution is 9.10. The van der Waals surface area contributed by atoms with Crippen LogP contribution in [-0.2, 0) is 11.3 Å². The molecule has 15 heavy (non-hydrogen) atoms. The van der Waals surface area contributed by atoms with Crippen molar-refractivity contribution in [3.63, 3.8) is 0 Å². The van der Waals surface area contributed by atoms with Crippen molar-refractivity contribution in [3.8, 4) is 0 Å². The van der Waals surface area contributed by atoms with Crippen molar-refractivity contribution < 1.29 is 4.79 Å². The van der Waals surface area contributed by atoms with Gasteiger partial charge in [0.2, 0.25) is 5.91 Å². The summed E-state index contributed by atoms with van der Waals surface area (Å²) < 4.78 is -0.520. The Morgan fingerprint density at radius 2 is 2.27 bits per heavy atom. The number of pyridine rings is 1. The van der Waals surface area contributed by atoms with Crippen LogP contribution < -0.4 is 5.32 Å². The lowest BCUT2D eigenvalue weighted by molar-refractivity contribution is -0.122. The van der Waals surface area contributed by atoms with E-state index in [2.05, 4.69) is 26.2 Å². The van der Waals surface area contributed by atoms with Gasteiger partial charge < -0.3 is 5.32 Å². The number of halogens is 1. The van der Waals surface area contributed by atoms with Crippen LogP contribution in [0.5, 0.6) is 0 Å². The van der Waals surface area contributed by atoms with Gasteiger partial charge in [-0.1, -0.05) is 15.9 Å². The van der Waals surface area contributed by atoms with Crippen LogP contribution in [0.4, 0.5) is 0 Å². The Kier molecular flexibility index (Phi) is 3.85. The minimum atomic E-state index is -0.520. The van der Waals surface area contributed by atoms with Crippen molar-refractivity contribution in [2.24, 2.45) is 0 Å². The van der Waals surface area contributed by atoms with E-state index in [0.717, 1.165) is 11.1 Å². The van der Waals surface area contributed by atoms with E-state index in [4.69, 9.17) is 0 Å². The van der Waals surface area contributed by atoms with Gasteiger partial charge in [-0.2, -0.15) is 0 Å². The monoisotopic (exact) mass is 270 g/mol. The number of carbonyl (C=O) groups is 1. The number of carbonyl (C=O) groups excluding carboxylic acids is 1.